The molecule has 1 aromatic carbocycles. The molecule has 0 bridgehead atoms. The Kier molecular flexibility index (Phi) is 3.14. The second-order valence-corrected chi connectivity index (χ2v) is 4.28. The molecular formula is C13H13NO4. The first kappa shape index (κ1) is 12.3. The molecule has 1 unspecified atom stereocenters. The van der Waals surface area contributed by atoms with Crippen molar-refractivity contribution in [2.45, 2.75) is 20.3 Å². The highest BCUT2D eigenvalue weighted by Crippen LogP contribution is 2.18. The summed E-state index contributed by atoms with van der Waals surface area (Å²) in [6.07, 6.45) is -0.0162. The third-order valence-electron chi connectivity index (χ3n) is 2.73. The Bertz CT molecular complexity index is 614. The quantitative estimate of drug-likeness (QED) is 0.839. The Morgan fingerprint density at radius 2 is 2.17 bits per heavy atom. The molecule has 0 amide bonds. The number of oxazole rings is 1. The average molecular weight is 247 g/mol. The van der Waals surface area contributed by atoms with E-state index in [0.29, 0.717) is 22.6 Å². The van der Waals surface area contributed by atoms with Crippen LogP contribution in [0.5, 0.6) is 0 Å². The first-order valence-electron chi connectivity index (χ1n) is 5.60. The fourth-order valence-corrected chi connectivity index (χ4v) is 1.70. The molecule has 0 spiro atoms. The molecule has 5 nitrogen and oxygen atoms in total. The molecule has 0 saturated carbocycles. The Hall–Kier alpha value is -2.17. The van der Waals surface area contributed by atoms with Gasteiger partial charge in [0, 0.05) is 18.9 Å². The first-order valence-corrected chi connectivity index (χ1v) is 5.60. The standard InChI is InChI=1S/C13H13NO4/c1-7(13(16)17)5-11(15)9-3-4-12-10(6-9)14-8(2)18-12/h3-4,6-7H,5H2,1-2H3,(H,16,17). The zero-order valence-electron chi connectivity index (χ0n) is 10.1. The number of carbonyl (C=O) groups is 2. The third-order valence-corrected chi connectivity index (χ3v) is 2.73. The molecule has 5 heteroatoms. The summed E-state index contributed by atoms with van der Waals surface area (Å²) in [6, 6.07) is 4.93. The van der Waals surface area contributed by atoms with Crippen molar-refractivity contribution in [3.05, 3.63) is 29.7 Å². The molecule has 2 rings (SSSR count). The van der Waals surface area contributed by atoms with Crippen molar-refractivity contribution in [2.75, 3.05) is 0 Å². The van der Waals surface area contributed by atoms with Gasteiger partial charge >= 0.3 is 5.97 Å². The number of carboxylic acid groups (broad SMARTS) is 1. The van der Waals surface area contributed by atoms with Gasteiger partial charge in [-0.2, -0.15) is 0 Å². The van der Waals surface area contributed by atoms with Gasteiger partial charge in [0.05, 0.1) is 5.92 Å². The summed E-state index contributed by atoms with van der Waals surface area (Å²) < 4.78 is 5.31. The van der Waals surface area contributed by atoms with E-state index in [9.17, 15) is 9.59 Å². The van der Waals surface area contributed by atoms with Crippen LogP contribution in [0.25, 0.3) is 11.1 Å². The second kappa shape index (κ2) is 4.60. The second-order valence-electron chi connectivity index (χ2n) is 4.28. The van der Waals surface area contributed by atoms with E-state index in [2.05, 4.69) is 4.98 Å². The lowest BCUT2D eigenvalue weighted by Gasteiger charge is -2.04. The van der Waals surface area contributed by atoms with E-state index in [0.717, 1.165) is 0 Å². The molecule has 0 saturated heterocycles. The lowest BCUT2D eigenvalue weighted by molar-refractivity contribution is -0.141. The number of aromatic nitrogens is 1. The van der Waals surface area contributed by atoms with Crippen LogP contribution >= 0.6 is 0 Å². The summed E-state index contributed by atoms with van der Waals surface area (Å²) in [5, 5.41) is 8.77. The maximum atomic E-state index is 11.9. The summed E-state index contributed by atoms with van der Waals surface area (Å²) in [4.78, 5) is 26.7. The van der Waals surface area contributed by atoms with Crippen molar-refractivity contribution < 1.29 is 19.1 Å². The van der Waals surface area contributed by atoms with Crippen LogP contribution in [0.4, 0.5) is 0 Å². The minimum atomic E-state index is -0.971. The van der Waals surface area contributed by atoms with Crippen LogP contribution in [0.15, 0.2) is 22.6 Å². The normalized spacial score (nSPS) is 12.6. The van der Waals surface area contributed by atoms with Crippen molar-refractivity contribution in [1.82, 2.24) is 4.98 Å². The van der Waals surface area contributed by atoms with E-state index in [1.165, 1.54) is 6.92 Å². The highest BCUT2D eigenvalue weighted by molar-refractivity contribution is 6.00. The molecule has 1 N–H and O–H groups in total. The van der Waals surface area contributed by atoms with Crippen LogP contribution < -0.4 is 0 Å². The van der Waals surface area contributed by atoms with Crippen LogP contribution in [0.2, 0.25) is 0 Å². The van der Waals surface area contributed by atoms with E-state index in [-0.39, 0.29) is 12.2 Å². The van der Waals surface area contributed by atoms with Crippen LogP contribution in [0, 0.1) is 12.8 Å². The minimum Gasteiger partial charge on any atom is -0.481 e. The Morgan fingerprint density at radius 1 is 1.44 bits per heavy atom. The van der Waals surface area contributed by atoms with Gasteiger partial charge < -0.3 is 9.52 Å². The van der Waals surface area contributed by atoms with Gasteiger partial charge in [0.25, 0.3) is 0 Å². The Morgan fingerprint density at radius 3 is 2.83 bits per heavy atom. The molecule has 94 valence electrons. The highest BCUT2D eigenvalue weighted by atomic mass is 16.4. The predicted molar refractivity (Wildman–Crippen MR) is 64.5 cm³/mol. The number of hydrogen-bond donors (Lipinski definition) is 1. The number of carbonyl (C=O) groups excluding carboxylic acids is 1. The summed E-state index contributed by atoms with van der Waals surface area (Å²) in [6.45, 7) is 3.24. The molecule has 0 fully saturated rings. The average Bonchev–Trinajstić information content (AvgIpc) is 2.67. The molecular weight excluding hydrogens is 234 g/mol. The van der Waals surface area contributed by atoms with Crippen molar-refractivity contribution in [1.29, 1.82) is 0 Å². The van der Waals surface area contributed by atoms with E-state index < -0.39 is 11.9 Å². The summed E-state index contributed by atoms with van der Waals surface area (Å²) in [7, 11) is 0. The molecule has 1 atom stereocenters. The van der Waals surface area contributed by atoms with Gasteiger partial charge in [-0.25, -0.2) is 4.98 Å². The van der Waals surface area contributed by atoms with Gasteiger partial charge in [-0.15, -0.1) is 0 Å². The number of rotatable bonds is 4. The van der Waals surface area contributed by atoms with E-state index in [4.69, 9.17) is 9.52 Å². The summed E-state index contributed by atoms with van der Waals surface area (Å²) in [5.41, 5.74) is 1.69. The molecule has 1 aromatic heterocycles. The van der Waals surface area contributed by atoms with Gasteiger partial charge in [-0.1, -0.05) is 6.92 Å². The number of nitrogens with zero attached hydrogens (tertiary/aromatic N) is 1. The molecule has 2 aromatic rings. The number of fused-ring (bicyclic) bond motifs is 1. The molecule has 0 radical (unpaired) electrons. The number of aryl methyl sites for hydroxylation is 1. The molecule has 0 aliphatic carbocycles. The number of aliphatic carboxylic acids is 1. The summed E-state index contributed by atoms with van der Waals surface area (Å²) >= 11 is 0. The topological polar surface area (TPSA) is 80.4 Å². The number of ketones is 1. The monoisotopic (exact) mass is 247 g/mol. The molecule has 18 heavy (non-hydrogen) atoms. The third kappa shape index (κ3) is 2.40. The molecule has 0 aliphatic heterocycles. The highest BCUT2D eigenvalue weighted by Gasteiger charge is 2.17. The SMILES string of the molecule is Cc1nc2cc(C(=O)CC(C)C(=O)O)ccc2o1. The van der Waals surface area contributed by atoms with Crippen molar-refractivity contribution in [2.24, 2.45) is 5.92 Å². The van der Waals surface area contributed by atoms with Gasteiger partial charge in [0.2, 0.25) is 0 Å². The van der Waals surface area contributed by atoms with E-state index >= 15 is 0 Å². The maximum absolute atomic E-state index is 11.9. The minimum absolute atomic E-state index is 0.0162. The predicted octanol–water partition coefficient (Wildman–Crippen LogP) is 2.43. The Labute approximate surface area is 103 Å². The Balaban J connectivity index is 2.25. The lowest BCUT2D eigenvalue weighted by atomic mass is 10.00. The van der Waals surface area contributed by atoms with Gasteiger partial charge in [0.15, 0.2) is 17.3 Å². The van der Waals surface area contributed by atoms with Crippen molar-refractivity contribution >= 4 is 22.9 Å². The molecule has 1 heterocycles. The van der Waals surface area contributed by atoms with Gasteiger partial charge in [-0.05, 0) is 18.2 Å². The molecule has 0 aliphatic rings. The smallest absolute Gasteiger partial charge is 0.306 e. The number of benzene rings is 1. The number of carboxylic acids is 1. The fraction of sp³-hybridized carbons (Fsp3) is 0.308. The largest absolute Gasteiger partial charge is 0.481 e. The van der Waals surface area contributed by atoms with E-state index in [1.807, 2.05) is 0 Å². The number of hydrogen-bond acceptors (Lipinski definition) is 4. The van der Waals surface area contributed by atoms with Crippen molar-refractivity contribution in [3.8, 4) is 0 Å². The van der Waals surface area contributed by atoms with Crippen molar-refractivity contribution in [3.63, 3.8) is 0 Å². The van der Waals surface area contributed by atoms with E-state index in [1.54, 1.807) is 25.1 Å². The number of Topliss-reactive ketones (excluding diaryl/α,β-unsaturated/α-hetero) is 1. The maximum Gasteiger partial charge on any atom is 0.306 e. The zero-order valence-corrected chi connectivity index (χ0v) is 10.1. The zero-order chi connectivity index (χ0) is 13.3. The van der Waals surface area contributed by atoms with Crippen LogP contribution in [0.3, 0.4) is 0 Å². The van der Waals surface area contributed by atoms with Crippen LogP contribution in [-0.2, 0) is 4.79 Å². The van der Waals surface area contributed by atoms with Crippen LogP contribution in [0.1, 0.15) is 29.6 Å². The lowest BCUT2D eigenvalue weighted by Crippen LogP contribution is -2.14. The van der Waals surface area contributed by atoms with Gasteiger partial charge in [-0.3, -0.25) is 9.59 Å². The van der Waals surface area contributed by atoms with Crippen LogP contribution in [-0.4, -0.2) is 21.8 Å². The fourth-order valence-electron chi connectivity index (χ4n) is 1.70. The van der Waals surface area contributed by atoms with Gasteiger partial charge in [0.1, 0.15) is 5.52 Å². The first-order chi connectivity index (χ1) is 8.47. The summed E-state index contributed by atoms with van der Waals surface area (Å²) in [5.74, 6) is -1.32.